The molecule has 0 aromatic heterocycles. The van der Waals surface area contributed by atoms with Gasteiger partial charge in [0.1, 0.15) is 24.0 Å². The van der Waals surface area contributed by atoms with Crippen molar-refractivity contribution in [3.63, 3.8) is 0 Å². The van der Waals surface area contributed by atoms with Crippen molar-refractivity contribution in [1.29, 1.82) is 0 Å². The smallest absolute Gasteiger partial charge is 0.133 e. The minimum absolute atomic E-state index is 0.697. The highest BCUT2D eigenvalue weighted by molar-refractivity contribution is 5.42. The van der Waals surface area contributed by atoms with E-state index in [1.807, 2.05) is 48.5 Å². The fourth-order valence-corrected chi connectivity index (χ4v) is 1.95. The van der Waals surface area contributed by atoms with Gasteiger partial charge in [-0.25, -0.2) is 0 Å². The Balaban J connectivity index is 2.30. The molecule has 0 unspecified atom stereocenters. The van der Waals surface area contributed by atoms with Gasteiger partial charge < -0.3 is 9.47 Å². The molecule has 0 aliphatic heterocycles. The molecule has 2 rings (SSSR count). The molecule has 2 aromatic rings. The number of rotatable bonds is 6. The van der Waals surface area contributed by atoms with Crippen molar-refractivity contribution in [2.24, 2.45) is 0 Å². The van der Waals surface area contributed by atoms with Crippen LogP contribution < -0.4 is 9.47 Å². The Morgan fingerprint density at radius 3 is 1.62 bits per heavy atom. The third kappa shape index (κ3) is 4.02. The molecule has 2 nitrogen and oxygen atoms in total. The standard InChI is InChI=1S/C19H16O2/c1-3-13-20-18-11-7-5-9-16(18)15-17-10-6-8-12-19(17)21-14-4-2/h5-14H,1-2,15H2. The summed E-state index contributed by atoms with van der Waals surface area (Å²) in [4.78, 5) is 0. The number of para-hydroxylation sites is 2. The third-order valence-electron chi connectivity index (χ3n) is 2.86. The van der Waals surface area contributed by atoms with Crippen molar-refractivity contribution in [3.05, 3.63) is 96.8 Å². The van der Waals surface area contributed by atoms with Gasteiger partial charge in [-0.05, 0) is 23.3 Å². The molecule has 104 valence electrons. The number of hydrogen-bond acceptors (Lipinski definition) is 2. The predicted molar refractivity (Wildman–Crippen MR) is 84.4 cm³/mol. The lowest BCUT2D eigenvalue weighted by Gasteiger charge is -2.11. The number of hydrogen-bond donors (Lipinski definition) is 0. The first-order valence-electron chi connectivity index (χ1n) is 6.53. The molecule has 0 radical (unpaired) electrons. The molecule has 0 spiro atoms. The second-order valence-electron chi connectivity index (χ2n) is 4.27. The Kier molecular flexibility index (Phi) is 5.25. The second kappa shape index (κ2) is 7.62. The predicted octanol–water partition coefficient (Wildman–Crippen LogP) is 4.63. The molecule has 2 heteroatoms. The van der Waals surface area contributed by atoms with E-state index in [9.17, 15) is 0 Å². The van der Waals surface area contributed by atoms with Crippen LogP contribution in [0.3, 0.4) is 0 Å². The molecule has 0 heterocycles. The number of benzene rings is 2. The first-order chi connectivity index (χ1) is 10.3. The molecule has 0 saturated carbocycles. The Bertz CT molecular complexity index is 642. The van der Waals surface area contributed by atoms with Crippen molar-refractivity contribution in [2.45, 2.75) is 6.42 Å². The van der Waals surface area contributed by atoms with Crippen molar-refractivity contribution in [3.8, 4) is 11.5 Å². The van der Waals surface area contributed by atoms with Gasteiger partial charge in [-0.2, -0.15) is 0 Å². The number of ether oxygens (including phenoxy) is 2. The van der Waals surface area contributed by atoms with Gasteiger partial charge in [0.15, 0.2) is 0 Å². The van der Waals surface area contributed by atoms with Gasteiger partial charge in [-0.15, -0.1) is 0 Å². The van der Waals surface area contributed by atoms with Crippen molar-refractivity contribution in [2.75, 3.05) is 0 Å². The van der Waals surface area contributed by atoms with Crippen molar-refractivity contribution < 1.29 is 9.47 Å². The third-order valence-corrected chi connectivity index (χ3v) is 2.86. The van der Waals surface area contributed by atoms with E-state index in [4.69, 9.17) is 9.47 Å². The van der Waals surface area contributed by atoms with E-state index >= 15 is 0 Å². The summed E-state index contributed by atoms with van der Waals surface area (Å²) in [6.07, 6.45) is 3.59. The maximum atomic E-state index is 5.51. The molecule has 0 aliphatic rings. The average Bonchev–Trinajstić information content (AvgIpc) is 2.53. The summed E-state index contributed by atoms with van der Waals surface area (Å²) in [5.74, 6) is 1.56. The lowest BCUT2D eigenvalue weighted by molar-refractivity contribution is 0.471. The van der Waals surface area contributed by atoms with Crippen LogP contribution in [0, 0.1) is 0 Å². The summed E-state index contributed by atoms with van der Waals surface area (Å²) in [6.45, 7) is 6.99. The first kappa shape index (κ1) is 14.5. The molecular weight excluding hydrogens is 260 g/mol. The van der Waals surface area contributed by atoms with Gasteiger partial charge in [0.25, 0.3) is 0 Å². The van der Waals surface area contributed by atoms with Crippen LogP contribution in [0.15, 0.2) is 85.7 Å². The largest absolute Gasteiger partial charge is 0.457 e. The van der Waals surface area contributed by atoms with Crippen LogP contribution in [0.4, 0.5) is 0 Å². The van der Waals surface area contributed by atoms with E-state index in [2.05, 4.69) is 24.6 Å². The van der Waals surface area contributed by atoms with Crippen LogP contribution in [-0.2, 0) is 6.42 Å². The van der Waals surface area contributed by atoms with Crippen LogP contribution >= 0.6 is 0 Å². The molecule has 0 bridgehead atoms. The summed E-state index contributed by atoms with van der Waals surface area (Å²) in [5, 5.41) is 0. The Labute approximate surface area is 125 Å². The van der Waals surface area contributed by atoms with Gasteiger partial charge in [0, 0.05) is 6.42 Å². The molecule has 0 atom stereocenters. The van der Waals surface area contributed by atoms with Crippen molar-refractivity contribution in [1.82, 2.24) is 0 Å². The summed E-state index contributed by atoms with van der Waals surface area (Å²) in [5.41, 5.74) is 7.32. The summed E-state index contributed by atoms with van der Waals surface area (Å²) in [6, 6.07) is 15.7. The monoisotopic (exact) mass is 276 g/mol. The van der Waals surface area contributed by atoms with E-state index in [0.717, 1.165) is 22.6 Å². The molecule has 21 heavy (non-hydrogen) atoms. The highest BCUT2D eigenvalue weighted by Crippen LogP contribution is 2.26. The van der Waals surface area contributed by atoms with Crippen molar-refractivity contribution >= 4 is 0 Å². The van der Waals surface area contributed by atoms with E-state index in [0.29, 0.717) is 6.42 Å². The second-order valence-corrected chi connectivity index (χ2v) is 4.27. The maximum absolute atomic E-state index is 5.51. The molecule has 0 amide bonds. The minimum atomic E-state index is 0.697. The molecule has 0 saturated heterocycles. The maximum Gasteiger partial charge on any atom is 0.133 e. The molecule has 0 aliphatic carbocycles. The normalized spacial score (nSPS) is 9.14. The first-order valence-corrected chi connectivity index (χ1v) is 6.53. The topological polar surface area (TPSA) is 18.5 Å². The fraction of sp³-hybridized carbons (Fsp3) is 0.0526. The average molecular weight is 276 g/mol. The Morgan fingerprint density at radius 1 is 0.762 bits per heavy atom. The van der Waals surface area contributed by atoms with Gasteiger partial charge in [0.2, 0.25) is 0 Å². The zero-order valence-electron chi connectivity index (χ0n) is 11.7. The Hall–Kier alpha value is -2.92. The van der Waals surface area contributed by atoms with Crippen LogP contribution in [0.2, 0.25) is 0 Å². The highest BCUT2D eigenvalue weighted by Gasteiger charge is 2.07. The molecule has 2 aromatic carbocycles. The van der Waals surface area contributed by atoms with E-state index < -0.39 is 0 Å². The van der Waals surface area contributed by atoms with Gasteiger partial charge in [-0.1, -0.05) is 61.0 Å². The lowest BCUT2D eigenvalue weighted by atomic mass is 10.0. The summed E-state index contributed by atoms with van der Waals surface area (Å²) >= 11 is 0. The highest BCUT2D eigenvalue weighted by atomic mass is 16.5. The van der Waals surface area contributed by atoms with Crippen LogP contribution in [0.5, 0.6) is 11.5 Å². The Morgan fingerprint density at radius 2 is 1.19 bits per heavy atom. The van der Waals surface area contributed by atoms with Gasteiger partial charge >= 0.3 is 0 Å². The summed E-state index contributed by atoms with van der Waals surface area (Å²) < 4.78 is 11.0. The molecular formula is C19H16O2. The van der Waals surface area contributed by atoms with Gasteiger partial charge in [-0.3, -0.25) is 0 Å². The molecule has 0 N–H and O–H groups in total. The van der Waals surface area contributed by atoms with Crippen LogP contribution in [-0.4, -0.2) is 0 Å². The van der Waals surface area contributed by atoms with E-state index in [-0.39, 0.29) is 0 Å². The SMILES string of the molecule is C=C=COc1ccccc1Cc1ccccc1OC=C=C. The zero-order chi connectivity index (χ0) is 14.9. The minimum Gasteiger partial charge on any atom is -0.457 e. The lowest BCUT2D eigenvalue weighted by Crippen LogP contribution is -1.95. The van der Waals surface area contributed by atoms with Crippen LogP contribution in [0.25, 0.3) is 0 Å². The fourth-order valence-electron chi connectivity index (χ4n) is 1.95. The summed E-state index contributed by atoms with van der Waals surface area (Å²) in [7, 11) is 0. The molecule has 0 fully saturated rings. The van der Waals surface area contributed by atoms with Gasteiger partial charge in [0.05, 0.1) is 0 Å². The van der Waals surface area contributed by atoms with E-state index in [1.165, 1.54) is 12.5 Å². The van der Waals surface area contributed by atoms with E-state index in [1.54, 1.807) is 0 Å². The van der Waals surface area contributed by atoms with Crippen LogP contribution in [0.1, 0.15) is 11.1 Å². The quantitative estimate of drug-likeness (QED) is 0.565. The zero-order valence-corrected chi connectivity index (χ0v) is 11.7.